The van der Waals surface area contributed by atoms with Crippen molar-refractivity contribution in [2.24, 2.45) is 0 Å². The van der Waals surface area contributed by atoms with Gasteiger partial charge in [-0.2, -0.15) is 0 Å². The number of carbonyl (C=O) groups is 1. The predicted molar refractivity (Wildman–Crippen MR) is 79.0 cm³/mol. The number of pyridine rings is 1. The molecule has 0 radical (unpaired) electrons. The zero-order valence-corrected chi connectivity index (χ0v) is 12.8. The fourth-order valence-electron chi connectivity index (χ4n) is 2.63. The van der Waals surface area contributed by atoms with E-state index >= 15 is 0 Å². The molecule has 0 saturated carbocycles. The Hall–Kier alpha value is -1.13. The molecule has 110 valence electrons. The molecule has 2 rings (SSSR count). The maximum atomic E-state index is 12.5. The third-order valence-corrected chi connectivity index (χ3v) is 3.76. The van der Waals surface area contributed by atoms with Gasteiger partial charge in [-0.15, -0.1) is 0 Å². The van der Waals surface area contributed by atoms with E-state index in [1.807, 2.05) is 0 Å². The number of hydrogen-bond acceptors (Lipinski definition) is 3. The van der Waals surface area contributed by atoms with Crippen molar-refractivity contribution < 1.29 is 9.90 Å². The lowest BCUT2D eigenvalue weighted by Gasteiger charge is -2.36. The Balaban J connectivity index is 2.20. The average molecular weight is 297 g/mol. The maximum Gasteiger partial charge on any atom is 0.254 e. The highest BCUT2D eigenvalue weighted by Crippen LogP contribution is 2.23. The summed E-state index contributed by atoms with van der Waals surface area (Å²) in [5.41, 5.74) is 0.607. The molecule has 1 unspecified atom stereocenters. The number of aryl methyl sites for hydroxylation is 1. The zero-order chi connectivity index (χ0) is 14.8. The van der Waals surface area contributed by atoms with Crippen LogP contribution in [0.3, 0.4) is 0 Å². The summed E-state index contributed by atoms with van der Waals surface area (Å²) in [6, 6.07) is 3.41. The van der Waals surface area contributed by atoms with Crippen LogP contribution < -0.4 is 0 Å². The van der Waals surface area contributed by atoms with Crippen molar-refractivity contribution in [1.82, 2.24) is 9.88 Å². The van der Waals surface area contributed by atoms with Crippen LogP contribution in [0, 0.1) is 0 Å². The van der Waals surface area contributed by atoms with E-state index in [1.165, 1.54) is 0 Å². The second-order valence-corrected chi connectivity index (χ2v) is 6.13. The number of aliphatic hydroxyl groups is 1. The number of amides is 1. The molecule has 1 aromatic rings. The SMILES string of the molecule is CCCc1cc(C(=O)N2CCCC(C)(O)C2)cc(Cl)n1. The number of halogens is 1. The Labute approximate surface area is 124 Å². The summed E-state index contributed by atoms with van der Waals surface area (Å²) < 4.78 is 0. The minimum absolute atomic E-state index is 0.0772. The molecule has 1 fully saturated rings. The first-order valence-electron chi connectivity index (χ1n) is 7.09. The van der Waals surface area contributed by atoms with Gasteiger partial charge in [0.15, 0.2) is 0 Å². The van der Waals surface area contributed by atoms with Gasteiger partial charge >= 0.3 is 0 Å². The first kappa shape index (κ1) is 15.3. The molecule has 1 atom stereocenters. The lowest BCUT2D eigenvalue weighted by atomic mass is 9.94. The number of piperidine rings is 1. The lowest BCUT2D eigenvalue weighted by Crippen LogP contribution is -2.48. The van der Waals surface area contributed by atoms with Gasteiger partial charge in [-0.3, -0.25) is 4.79 Å². The minimum Gasteiger partial charge on any atom is -0.388 e. The van der Waals surface area contributed by atoms with E-state index < -0.39 is 5.60 Å². The molecule has 0 spiro atoms. The number of hydrogen-bond donors (Lipinski definition) is 1. The Kier molecular flexibility index (Phi) is 4.66. The van der Waals surface area contributed by atoms with E-state index in [9.17, 15) is 9.90 Å². The molecule has 2 heterocycles. The molecule has 0 aromatic carbocycles. The molecule has 1 aliphatic rings. The van der Waals surface area contributed by atoms with Crippen molar-refractivity contribution in [2.45, 2.75) is 45.1 Å². The number of nitrogens with zero attached hydrogens (tertiary/aromatic N) is 2. The Bertz CT molecular complexity index is 503. The number of aromatic nitrogens is 1. The summed E-state index contributed by atoms with van der Waals surface area (Å²) in [5.74, 6) is -0.0772. The molecular formula is C15H21ClN2O2. The second-order valence-electron chi connectivity index (χ2n) is 5.75. The van der Waals surface area contributed by atoms with Gasteiger partial charge in [-0.25, -0.2) is 4.98 Å². The van der Waals surface area contributed by atoms with Gasteiger partial charge in [-0.1, -0.05) is 24.9 Å². The fraction of sp³-hybridized carbons (Fsp3) is 0.600. The molecule has 1 amide bonds. The summed E-state index contributed by atoms with van der Waals surface area (Å²) in [5, 5.41) is 10.5. The largest absolute Gasteiger partial charge is 0.388 e. The van der Waals surface area contributed by atoms with Gasteiger partial charge in [0, 0.05) is 24.3 Å². The van der Waals surface area contributed by atoms with Crippen LogP contribution in [0.25, 0.3) is 0 Å². The van der Waals surface area contributed by atoms with Crippen molar-refractivity contribution in [3.63, 3.8) is 0 Å². The van der Waals surface area contributed by atoms with Gasteiger partial charge in [0.05, 0.1) is 5.60 Å². The summed E-state index contributed by atoms with van der Waals surface area (Å²) >= 11 is 5.99. The van der Waals surface area contributed by atoms with E-state index in [4.69, 9.17) is 11.6 Å². The standard InChI is InChI=1S/C15H21ClN2O2/c1-3-5-12-8-11(9-13(16)17-12)14(19)18-7-4-6-15(2,20)10-18/h8-9,20H,3-7,10H2,1-2H3. The molecule has 4 nitrogen and oxygen atoms in total. The van der Waals surface area contributed by atoms with Crippen molar-refractivity contribution in [1.29, 1.82) is 0 Å². The van der Waals surface area contributed by atoms with Crippen molar-refractivity contribution in [3.8, 4) is 0 Å². The smallest absolute Gasteiger partial charge is 0.254 e. The number of β-amino-alcohol motifs (C(OH)–C–C–N with tert-alkyl or cyclic N) is 1. The van der Waals surface area contributed by atoms with E-state index in [0.717, 1.165) is 31.4 Å². The van der Waals surface area contributed by atoms with Crippen LogP contribution >= 0.6 is 11.6 Å². The molecule has 1 saturated heterocycles. The summed E-state index contributed by atoms with van der Waals surface area (Å²) in [6.07, 6.45) is 3.31. The van der Waals surface area contributed by atoms with Crippen LogP contribution in [0.2, 0.25) is 5.15 Å². The molecule has 0 aliphatic carbocycles. The van der Waals surface area contributed by atoms with Crippen LogP contribution in [-0.2, 0) is 6.42 Å². The van der Waals surface area contributed by atoms with E-state index in [-0.39, 0.29) is 5.91 Å². The third-order valence-electron chi connectivity index (χ3n) is 3.56. The van der Waals surface area contributed by atoms with Gasteiger partial charge in [0.1, 0.15) is 5.15 Å². The highest BCUT2D eigenvalue weighted by Gasteiger charge is 2.31. The molecular weight excluding hydrogens is 276 g/mol. The summed E-state index contributed by atoms with van der Waals surface area (Å²) in [7, 11) is 0. The Morgan fingerprint density at radius 2 is 2.30 bits per heavy atom. The van der Waals surface area contributed by atoms with Crippen LogP contribution in [0.5, 0.6) is 0 Å². The van der Waals surface area contributed by atoms with Gasteiger partial charge < -0.3 is 10.0 Å². The number of carbonyl (C=O) groups excluding carboxylic acids is 1. The average Bonchev–Trinajstić information content (AvgIpc) is 2.36. The van der Waals surface area contributed by atoms with E-state index in [1.54, 1.807) is 24.0 Å². The first-order valence-corrected chi connectivity index (χ1v) is 7.47. The van der Waals surface area contributed by atoms with Gasteiger partial charge in [0.2, 0.25) is 0 Å². The normalized spacial score (nSPS) is 22.9. The Morgan fingerprint density at radius 3 is 2.95 bits per heavy atom. The number of rotatable bonds is 3. The Morgan fingerprint density at radius 1 is 1.55 bits per heavy atom. The van der Waals surface area contributed by atoms with Crippen molar-refractivity contribution >= 4 is 17.5 Å². The zero-order valence-electron chi connectivity index (χ0n) is 12.0. The molecule has 20 heavy (non-hydrogen) atoms. The molecule has 0 bridgehead atoms. The molecule has 1 aromatic heterocycles. The summed E-state index contributed by atoms with van der Waals surface area (Å²) in [6.45, 7) is 4.88. The molecule has 1 N–H and O–H groups in total. The highest BCUT2D eigenvalue weighted by molar-refractivity contribution is 6.29. The van der Waals surface area contributed by atoms with Crippen molar-refractivity contribution in [2.75, 3.05) is 13.1 Å². The monoisotopic (exact) mass is 296 g/mol. The van der Waals surface area contributed by atoms with Crippen LogP contribution in [-0.4, -0.2) is 39.6 Å². The van der Waals surface area contributed by atoms with Crippen LogP contribution in [0.15, 0.2) is 12.1 Å². The predicted octanol–water partition coefficient (Wildman–Crippen LogP) is 2.67. The fourth-order valence-corrected chi connectivity index (χ4v) is 2.86. The van der Waals surface area contributed by atoms with Crippen LogP contribution in [0.4, 0.5) is 0 Å². The van der Waals surface area contributed by atoms with E-state index in [2.05, 4.69) is 11.9 Å². The highest BCUT2D eigenvalue weighted by atomic mass is 35.5. The van der Waals surface area contributed by atoms with E-state index in [0.29, 0.717) is 23.8 Å². The maximum absolute atomic E-state index is 12.5. The second kappa shape index (κ2) is 6.10. The first-order chi connectivity index (χ1) is 9.41. The minimum atomic E-state index is -0.795. The topological polar surface area (TPSA) is 53.4 Å². The molecule has 5 heteroatoms. The van der Waals surface area contributed by atoms with Crippen LogP contribution in [0.1, 0.15) is 49.2 Å². The van der Waals surface area contributed by atoms with Gasteiger partial charge in [0.25, 0.3) is 5.91 Å². The lowest BCUT2D eigenvalue weighted by molar-refractivity contribution is -0.0107. The summed E-state index contributed by atoms with van der Waals surface area (Å²) in [4.78, 5) is 18.4. The quantitative estimate of drug-likeness (QED) is 0.873. The molecule has 1 aliphatic heterocycles. The van der Waals surface area contributed by atoms with Crippen molar-refractivity contribution in [3.05, 3.63) is 28.5 Å². The third kappa shape index (κ3) is 3.70. The van der Waals surface area contributed by atoms with Gasteiger partial charge in [-0.05, 0) is 38.3 Å². The number of likely N-dealkylation sites (tertiary alicyclic amines) is 1.